The summed E-state index contributed by atoms with van der Waals surface area (Å²) in [5.41, 5.74) is 0.475. The lowest BCUT2D eigenvalue weighted by Gasteiger charge is -2.08. The molecule has 2 N–H and O–H groups in total. The van der Waals surface area contributed by atoms with Gasteiger partial charge < -0.3 is 15.4 Å². The maximum Gasteiger partial charge on any atom is 0.252 e. The number of carbonyl (C=O) groups excluding carboxylic acids is 1. The molecule has 0 radical (unpaired) electrons. The fourth-order valence-electron chi connectivity index (χ4n) is 1.34. The van der Waals surface area contributed by atoms with Crippen LogP contribution in [0.1, 0.15) is 10.4 Å². The SMILES string of the molecule is COCCNCCNC(=O)c1cccc(Br)c1Cl. The van der Waals surface area contributed by atoms with Gasteiger partial charge in [-0.1, -0.05) is 17.7 Å². The smallest absolute Gasteiger partial charge is 0.252 e. The summed E-state index contributed by atoms with van der Waals surface area (Å²) in [7, 11) is 1.65. The van der Waals surface area contributed by atoms with E-state index in [0.717, 1.165) is 11.0 Å². The molecular weight excluding hydrogens is 320 g/mol. The maximum absolute atomic E-state index is 11.8. The van der Waals surface area contributed by atoms with Crippen molar-refractivity contribution >= 4 is 33.4 Å². The Morgan fingerprint density at radius 2 is 2.17 bits per heavy atom. The van der Waals surface area contributed by atoms with Crippen LogP contribution in [0.3, 0.4) is 0 Å². The summed E-state index contributed by atoms with van der Waals surface area (Å²) in [5.74, 6) is -0.171. The first-order chi connectivity index (χ1) is 8.66. The molecule has 0 aliphatic rings. The molecular formula is C12H16BrClN2O2. The summed E-state index contributed by atoms with van der Waals surface area (Å²) < 4.78 is 5.61. The van der Waals surface area contributed by atoms with E-state index in [2.05, 4.69) is 26.6 Å². The predicted octanol–water partition coefficient (Wildman–Crippen LogP) is 2.07. The maximum atomic E-state index is 11.8. The van der Waals surface area contributed by atoms with Gasteiger partial charge in [-0.05, 0) is 28.1 Å². The van der Waals surface area contributed by atoms with Crippen molar-refractivity contribution in [3.63, 3.8) is 0 Å². The molecule has 0 aromatic heterocycles. The van der Waals surface area contributed by atoms with Crippen LogP contribution in [-0.4, -0.2) is 39.3 Å². The quantitative estimate of drug-likeness (QED) is 0.750. The Balaban J connectivity index is 2.35. The number of rotatable bonds is 7. The number of hydrogen-bond acceptors (Lipinski definition) is 3. The highest BCUT2D eigenvalue weighted by atomic mass is 79.9. The minimum atomic E-state index is -0.171. The molecule has 1 rings (SSSR count). The van der Waals surface area contributed by atoms with Gasteiger partial charge in [-0.15, -0.1) is 0 Å². The summed E-state index contributed by atoms with van der Waals surface area (Å²) in [4.78, 5) is 11.8. The summed E-state index contributed by atoms with van der Waals surface area (Å²) in [5, 5.41) is 6.37. The van der Waals surface area contributed by atoms with Gasteiger partial charge in [0, 0.05) is 31.2 Å². The third-order valence-electron chi connectivity index (χ3n) is 2.27. The van der Waals surface area contributed by atoms with Gasteiger partial charge in [-0.2, -0.15) is 0 Å². The Bertz CT molecular complexity index is 402. The summed E-state index contributed by atoms with van der Waals surface area (Å²) in [6, 6.07) is 5.27. The molecule has 0 spiro atoms. The van der Waals surface area contributed by atoms with E-state index in [1.165, 1.54) is 0 Å². The van der Waals surface area contributed by atoms with E-state index < -0.39 is 0 Å². The van der Waals surface area contributed by atoms with Gasteiger partial charge in [0.1, 0.15) is 0 Å². The highest BCUT2D eigenvalue weighted by molar-refractivity contribution is 9.10. The third-order valence-corrected chi connectivity index (χ3v) is 3.56. The fraction of sp³-hybridized carbons (Fsp3) is 0.417. The first-order valence-electron chi connectivity index (χ1n) is 5.58. The number of methoxy groups -OCH3 is 1. The Labute approximate surface area is 120 Å². The van der Waals surface area contributed by atoms with Crippen molar-refractivity contribution in [3.05, 3.63) is 33.3 Å². The Morgan fingerprint density at radius 1 is 1.39 bits per heavy atom. The lowest BCUT2D eigenvalue weighted by atomic mass is 10.2. The molecule has 18 heavy (non-hydrogen) atoms. The van der Waals surface area contributed by atoms with E-state index in [0.29, 0.717) is 30.3 Å². The molecule has 0 unspecified atom stereocenters. The molecule has 0 aliphatic heterocycles. The highest BCUT2D eigenvalue weighted by Crippen LogP contribution is 2.25. The second kappa shape index (κ2) is 8.48. The Kier molecular flexibility index (Phi) is 7.27. The van der Waals surface area contributed by atoms with Gasteiger partial charge in [0.2, 0.25) is 0 Å². The van der Waals surface area contributed by atoms with Crippen LogP contribution >= 0.6 is 27.5 Å². The standard InChI is InChI=1S/C12H16BrClN2O2/c1-18-8-7-15-5-6-16-12(17)9-3-2-4-10(13)11(9)14/h2-4,15H,5-8H2,1H3,(H,16,17). The molecule has 0 saturated carbocycles. The van der Waals surface area contributed by atoms with Crippen molar-refractivity contribution in [2.45, 2.75) is 0 Å². The van der Waals surface area contributed by atoms with Gasteiger partial charge in [-0.3, -0.25) is 4.79 Å². The van der Waals surface area contributed by atoms with Crippen LogP contribution in [0.2, 0.25) is 5.02 Å². The van der Waals surface area contributed by atoms with Crippen molar-refractivity contribution < 1.29 is 9.53 Å². The van der Waals surface area contributed by atoms with E-state index in [4.69, 9.17) is 16.3 Å². The number of ether oxygens (including phenoxy) is 1. The molecule has 1 aromatic rings. The zero-order valence-corrected chi connectivity index (χ0v) is 12.5. The molecule has 4 nitrogen and oxygen atoms in total. The minimum absolute atomic E-state index is 0.171. The minimum Gasteiger partial charge on any atom is -0.383 e. The molecule has 100 valence electrons. The molecule has 0 bridgehead atoms. The average Bonchev–Trinajstić information content (AvgIpc) is 2.36. The first kappa shape index (κ1) is 15.4. The van der Waals surface area contributed by atoms with Crippen LogP contribution in [0.25, 0.3) is 0 Å². The van der Waals surface area contributed by atoms with Gasteiger partial charge in [0.15, 0.2) is 0 Å². The van der Waals surface area contributed by atoms with E-state index in [1.807, 2.05) is 0 Å². The first-order valence-corrected chi connectivity index (χ1v) is 6.75. The topological polar surface area (TPSA) is 50.4 Å². The monoisotopic (exact) mass is 334 g/mol. The number of nitrogens with one attached hydrogen (secondary N) is 2. The number of hydrogen-bond donors (Lipinski definition) is 2. The van der Waals surface area contributed by atoms with Crippen LogP contribution in [0.15, 0.2) is 22.7 Å². The fourth-order valence-corrected chi connectivity index (χ4v) is 1.92. The Hall–Kier alpha value is -0.620. The average molecular weight is 336 g/mol. The van der Waals surface area contributed by atoms with Crippen LogP contribution < -0.4 is 10.6 Å². The lowest BCUT2D eigenvalue weighted by Crippen LogP contribution is -2.33. The zero-order valence-electron chi connectivity index (χ0n) is 10.1. The summed E-state index contributed by atoms with van der Waals surface area (Å²) in [6.07, 6.45) is 0. The largest absolute Gasteiger partial charge is 0.383 e. The van der Waals surface area contributed by atoms with Crippen LogP contribution in [0.5, 0.6) is 0 Å². The number of benzene rings is 1. The van der Waals surface area contributed by atoms with Crippen LogP contribution in [0.4, 0.5) is 0 Å². The number of halogens is 2. The van der Waals surface area contributed by atoms with Crippen molar-refractivity contribution in [1.29, 1.82) is 0 Å². The van der Waals surface area contributed by atoms with E-state index >= 15 is 0 Å². The highest BCUT2D eigenvalue weighted by Gasteiger charge is 2.11. The number of carbonyl (C=O) groups is 1. The van der Waals surface area contributed by atoms with E-state index in [9.17, 15) is 4.79 Å². The molecule has 0 aliphatic carbocycles. The zero-order chi connectivity index (χ0) is 13.4. The lowest BCUT2D eigenvalue weighted by molar-refractivity contribution is 0.0954. The molecule has 1 aromatic carbocycles. The van der Waals surface area contributed by atoms with Crippen molar-refractivity contribution in [3.8, 4) is 0 Å². The molecule has 0 fully saturated rings. The van der Waals surface area contributed by atoms with Crippen molar-refractivity contribution in [1.82, 2.24) is 10.6 Å². The Morgan fingerprint density at radius 3 is 2.89 bits per heavy atom. The predicted molar refractivity (Wildman–Crippen MR) is 76.2 cm³/mol. The summed E-state index contributed by atoms with van der Waals surface area (Å²) in [6.45, 7) is 2.67. The second-order valence-corrected chi connectivity index (χ2v) is 4.83. The van der Waals surface area contributed by atoms with E-state index in [-0.39, 0.29) is 5.91 Å². The number of amides is 1. The normalized spacial score (nSPS) is 10.4. The second-order valence-electron chi connectivity index (χ2n) is 3.60. The molecule has 1 amide bonds. The summed E-state index contributed by atoms with van der Waals surface area (Å²) >= 11 is 9.32. The molecule has 6 heteroatoms. The molecule has 0 saturated heterocycles. The van der Waals surface area contributed by atoms with E-state index in [1.54, 1.807) is 25.3 Å². The van der Waals surface area contributed by atoms with Gasteiger partial charge >= 0.3 is 0 Å². The van der Waals surface area contributed by atoms with Crippen LogP contribution in [0, 0.1) is 0 Å². The van der Waals surface area contributed by atoms with Crippen molar-refractivity contribution in [2.75, 3.05) is 33.4 Å². The van der Waals surface area contributed by atoms with Crippen molar-refractivity contribution in [2.24, 2.45) is 0 Å². The van der Waals surface area contributed by atoms with Gasteiger partial charge in [0.05, 0.1) is 17.2 Å². The van der Waals surface area contributed by atoms with Gasteiger partial charge in [0.25, 0.3) is 5.91 Å². The third kappa shape index (κ3) is 4.94. The molecule has 0 atom stereocenters. The van der Waals surface area contributed by atoms with Gasteiger partial charge in [-0.25, -0.2) is 0 Å². The molecule has 0 heterocycles. The van der Waals surface area contributed by atoms with Crippen LogP contribution in [-0.2, 0) is 4.74 Å².